The molecule has 2 amide bonds. The standard InChI is InChI=1S/C17H35N3O5Si/c1-4-23-26(24-5-2,25-6-3)15-11-14-20-17(22)19-13-10-8-7-9-12-18-16-21/h4-15H2,1-3H3,(H2,19,20,22). The molecular weight excluding hydrogens is 354 g/mol. The Morgan fingerprint density at radius 1 is 0.885 bits per heavy atom. The summed E-state index contributed by atoms with van der Waals surface area (Å²) in [4.78, 5) is 25.2. The van der Waals surface area contributed by atoms with Crippen LogP contribution in [0.2, 0.25) is 6.04 Å². The third-order valence-electron chi connectivity index (χ3n) is 3.58. The van der Waals surface area contributed by atoms with E-state index in [1.54, 1.807) is 0 Å². The molecule has 0 aliphatic heterocycles. The maximum absolute atomic E-state index is 11.8. The fraction of sp³-hybridized carbons (Fsp3) is 0.882. The van der Waals surface area contributed by atoms with E-state index in [9.17, 15) is 9.59 Å². The lowest BCUT2D eigenvalue weighted by molar-refractivity contribution is 0.0708. The van der Waals surface area contributed by atoms with Crippen LogP contribution in [0.3, 0.4) is 0 Å². The van der Waals surface area contributed by atoms with Gasteiger partial charge in [-0.2, -0.15) is 0 Å². The molecule has 0 bridgehead atoms. The van der Waals surface area contributed by atoms with Crippen molar-refractivity contribution in [1.82, 2.24) is 10.6 Å². The Bertz CT molecular complexity index is 389. The molecule has 0 aliphatic carbocycles. The van der Waals surface area contributed by atoms with Gasteiger partial charge in [0.1, 0.15) is 0 Å². The van der Waals surface area contributed by atoms with E-state index in [0.717, 1.165) is 32.1 Å². The summed E-state index contributed by atoms with van der Waals surface area (Å²) in [5, 5.41) is 5.69. The van der Waals surface area contributed by atoms with Crippen molar-refractivity contribution in [2.24, 2.45) is 4.99 Å². The predicted octanol–water partition coefficient (Wildman–Crippen LogP) is 2.62. The van der Waals surface area contributed by atoms with Crippen LogP contribution < -0.4 is 10.6 Å². The first-order valence-electron chi connectivity index (χ1n) is 9.61. The Hall–Kier alpha value is -1.25. The van der Waals surface area contributed by atoms with Gasteiger partial charge in [0.25, 0.3) is 0 Å². The van der Waals surface area contributed by atoms with Gasteiger partial charge in [0.15, 0.2) is 0 Å². The van der Waals surface area contributed by atoms with Gasteiger partial charge in [0.2, 0.25) is 6.08 Å². The largest absolute Gasteiger partial charge is 0.500 e. The molecule has 9 heteroatoms. The molecule has 0 unspecified atom stereocenters. The number of rotatable bonds is 17. The highest BCUT2D eigenvalue weighted by atomic mass is 28.4. The normalized spacial score (nSPS) is 11.0. The van der Waals surface area contributed by atoms with Gasteiger partial charge in [0, 0.05) is 39.0 Å². The molecule has 0 spiro atoms. The fourth-order valence-corrected chi connectivity index (χ4v) is 5.10. The molecule has 0 fully saturated rings. The van der Waals surface area contributed by atoms with E-state index in [0.29, 0.717) is 45.5 Å². The molecule has 0 aromatic carbocycles. The second-order valence-corrected chi connectivity index (χ2v) is 8.39. The molecule has 0 aromatic rings. The summed E-state index contributed by atoms with van der Waals surface area (Å²) >= 11 is 0. The third-order valence-corrected chi connectivity index (χ3v) is 6.74. The molecule has 0 saturated carbocycles. The Morgan fingerprint density at radius 3 is 1.96 bits per heavy atom. The first-order valence-corrected chi connectivity index (χ1v) is 11.5. The van der Waals surface area contributed by atoms with Crippen molar-refractivity contribution in [3.63, 3.8) is 0 Å². The van der Waals surface area contributed by atoms with Gasteiger partial charge in [-0.25, -0.2) is 14.6 Å². The monoisotopic (exact) mass is 389 g/mol. The number of unbranched alkanes of at least 4 members (excludes halogenated alkanes) is 3. The van der Waals surface area contributed by atoms with Crippen molar-refractivity contribution >= 4 is 20.9 Å². The zero-order valence-electron chi connectivity index (χ0n) is 16.5. The van der Waals surface area contributed by atoms with E-state index in [-0.39, 0.29) is 6.03 Å². The molecule has 0 saturated heterocycles. The minimum Gasteiger partial charge on any atom is -0.374 e. The Morgan fingerprint density at radius 2 is 1.42 bits per heavy atom. The number of hydrogen-bond acceptors (Lipinski definition) is 6. The fourth-order valence-electron chi connectivity index (χ4n) is 2.49. The number of nitrogens with zero attached hydrogens (tertiary/aromatic N) is 1. The summed E-state index contributed by atoms with van der Waals surface area (Å²) in [7, 11) is -2.62. The predicted molar refractivity (Wildman–Crippen MR) is 103 cm³/mol. The maximum Gasteiger partial charge on any atom is 0.500 e. The summed E-state index contributed by atoms with van der Waals surface area (Å²) in [5.41, 5.74) is 0. The summed E-state index contributed by atoms with van der Waals surface area (Å²) in [6.45, 7) is 9.19. The lowest BCUT2D eigenvalue weighted by Crippen LogP contribution is -2.46. The van der Waals surface area contributed by atoms with Crippen LogP contribution in [0.15, 0.2) is 4.99 Å². The van der Waals surface area contributed by atoms with Crippen LogP contribution in [0.4, 0.5) is 4.79 Å². The topological polar surface area (TPSA) is 98.2 Å². The Labute approximate surface area is 158 Å². The van der Waals surface area contributed by atoms with Crippen molar-refractivity contribution in [1.29, 1.82) is 0 Å². The van der Waals surface area contributed by atoms with Crippen LogP contribution in [0.1, 0.15) is 52.9 Å². The molecule has 0 atom stereocenters. The average molecular weight is 390 g/mol. The number of aliphatic imine (C=N–C) groups is 1. The lowest BCUT2D eigenvalue weighted by Gasteiger charge is -2.28. The first-order chi connectivity index (χ1) is 12.6. The number of nitrogens with one attached hydrogen (secondary N) is 2. The van der Waals surface area contributed by atoms with Crippen molar-refractivity contribution in [2.45, 2.75) is 58.9 Å². The van der Waals surface area contributed by atoms with Crippen molar-refractivity contribution in [2.75, 3.05) is 39.5 Å². The van der Waals surface area contributed by atoms with Gasteiger partial charge in [-0.05, 0) is 40.0 Å². The summed E-state index contributed by atoms with van der Waals surface area (Å²) in [6.07, 6.45) is 6.06. The molecule has 0 aliphatic rings. The van der Waals surface area contributed by atoms with E-state index in [1.807, 2.05) is 20.8 Å². The van der Waals surface area contributed by atoms with Crippen LogP contribution in [0.5, 0.6) is 0 Å². The number of urea groups is 1. The van der Waals surface area contributed by atoms with Crippen LogP contribution in [0, 0.1) is 0 Å². The van der Waals surface area contributed by atoms with Gasteiger partial charge in [-0.3, -0.25) is 0 Å². The molecule has 0 heterocycles. The Balaban J connectivity index is 3.82. The zero-order valence-corrected chi connectivity index (χ0v) is 17.5. The van der Waals surface area contributed by atoms with Crippen LogP contribution in [-0.4, -0.2) is 60.4 Å². The second-order valence-electron chi connectivity index (χ2n) is 5.66. The van der Waals surface area contributed by atoms with Gasteiger partial charge >= 0.3 is 14.8 Å². The lowest BCUT2D eigenvalue weighted by atomic mass is 10.2. The summed E-state index contributed by atoms with van der Waals surface area (Å²) < 4.78 is 17.3. The van der Waals surface area contributed by atoms with Gasteiger partial charge < -0.3 is 23.9 Å². The van der Waals surface area contributed by atoms with E-state index in [2.05, 4.69) is 15.6 Å². The number of isocyanates is 1. The van der Waals surface area contributed by atoms with E-state index >= 15 is 0 Å². The maximum atomic E-state index is 11.8. The summed E-state index contributed by atoms with van der Waals surface area (Å²) in [6, 6.07) is 0.526. The average Bonchev–Trinajstić information content (AvgIpc) is 2.62. The van der Waals surface area contributed by atoms with Crippen molar-refractivity contribution < 1.29 is 22.9 Å². The molecule has 8 nitrogen and oxygen atoms in total. The molecular formula is C17H35N3O5Si. The van der Waals surface area contributed by atoms with Crippen molar-refractivity contribution in [3.05, 3.63) is 0 Å². The number of carbonyl (C=O) groups is 1. The SMILES string of the molecule is CCO[Si](CCCNC(=O)NCCCCCCN=C=O)(OCC)OCC. The van der Waals surface area contributed by atoms with E-state index in [1.165, 1.54) is 6.08 Å². The van der Waals surface area contributed by atoms with Gasteiger partial charge in [-0.1, -0.05) is 12.8 Å². The molecule has 2 N–H and O–H groups in total. The minimum absolute atomic E-state index is 0.160. The highest BCUT2D eigenvalue weighted by Gasteiger charge is 2.39. The second kappa shape index (κ2) is 17.2. The first kappa shape index (κ1) is 24.7. The van der Waals surface area contributed by atoms with Gasteiger partial charge in [0.05, 0.1) is 6.54 Å². The molecule has 152 valence electrons. The molecule has 0 radical (unpaired) electrons. The smallest absolute Gasteiger partial charge is 0.374 e. The van der Waals surface area contributed by atoms with Gasteiger partial charge in [-0.15, -0.1) is 0 Å². The molecule has 26 heavy (non-hydrogen) atoms. The van der Waals surface area contributed by atoms with E-state index in [4.69, 9.17) is 13.3 Å². The highest BCUT2D eigenvalue weighted by molar-refractivity contribution is 6.60. The number of amides is 2. The quantitative estimate of drug-likeness (QED) is 0.172. The van der Waals surface area contributed by atoms with E-state index < -0.39 is 8.80 Å². The number of carbonyl (C=O) groups excluding carboxylic acids is 2. The zero-order chi connectivity index (χ0) is 19.5. The van der Waals surface area contributed by atoms with Crippen molar-refractivity contribution in [3.8, 4) is 0 Å². The Kier molecular flexibility index (Phi) is 16.3. The molecule has 0 rings (SSSR count). The number of hydrogen-bond donors (Lipinski definition) is 2. The third kappa shape index (κ3) is 13.0. The molecule has 0 aromatic heterocycles. The van der Waals surface area contributed by atoms with Crippen LogP contribution in [0.25, 0.3) is 0 Å². The minimum atomic E-state index is -2.62. The van der Waals surface area contributed by atoms with Crippen LogP contribution in [-0.2, 0) is 18.1 Å². The highest BCUT2D eigenvalue weighted by Crippen LogP contribution is 2.17. The summed E-state index contributed by atoms with van der Waals surface area (Å²) in [5.74, 6) is 0. The van der Waals surface area contributed by atoms with Crippen LogP contribution >= 0.6 is 0 Å².